The first-order valence-electron chi connectivity index (χ1n) is 6.62. The average molecular weight is 268 g/mol. The first-order valence-corrected chi connectivity index (χ1v) is 6.62. The third kappa shape index (κ3) is 6.56. The highest BCUT2D eigenvalue weighted by Crippen LogP contribution is 2.17. The highest BCUT2D eigenvalue weighted by atomic mass is 19.4. The predicted molar refractivity (Wildman–Crippen MR) is 64.6 cm³/mol. The number of likely N-dealkylation sites (tertiary alicyclic amines) is 1. The SMILES string of the molecule is CCNCC1CCCCN1CCOCC(F)(F)F. The Balaban J connectivity index is 2.20. The van der Waals surface area contributed by atoms with Crippen LogP contribution in [0.3, 0.4) is 0 Å². The predicted octanol–water partition coefficient (Wildman–Crippen LogP) is 2.03. The van der Waals surface area contributed by atoms with Gasteiger partial charge in [-0.3, -0.25) is 4.90 Å². The fourth-order valence-electron chi connectivity index (χ4n) is 2.27. The molecule has 108 valence electrons. The fraction of sp³-hybridized carbons (Fsp3) is 1.00. The molecule has 1 aliphatic rings. The van der Waals surface area contributed by atoms with Gasteiger partial charge in [0.05, 0.1) is 6.61 Å². The Labute approximate surface area is 107 Å². The van der Waals surface area contributed by atoms with Crippen molar-refractivity contribution in [2.45, 2.75) is 38.4 Å². The number of piperidine rings is 1. The molecule has 0 aromatic heterocycles. The summed E-state index contributed by atoms with van der Waals surface area (Å²) in [4.78, 5) is 2.24. The quantitative estimate of drug-likeness (QED) is 0.715. The molecule has 0 aromatic rings. The smallest absolute Gasteiger partial charge is 0.371 e. The van der Waals surface area contributed by atoms with E-state index in [0.717, 1.165) is 32.5 Å². The van der Waals surface area contributed by atoms with E-state index < -0.39 is 12.8 Å². The molecular weight excluding hydrogens is 245 g/mol. The summed E-state index contributed by atoms with van der Waals surface area (Å²) in [6.45, 7) is 4.46. The van der Waals surface area contributed by atoms with Gasteiger partial charge >= 0.3 is 6.18 Å². The molecule has 0 saturated carbocycles. The van der Waals surface area contributed by atoms with Crippen LogP contribution in [0.4, 0.5) is 13.2 Å². The highest BCUT2D eigenvalue weighted by Gasteiger charge is 2.28. The standard InChI is InChI=1S/C12H23F3N2O/c1-2-16-9-11-5-3-4-6-17(11)7-8-18-10-12(13,14)15/h11,16H,2-10H2,1H3. The van der Waals surface area contributed by atoms with Crippen LogP contribution in [0, 0.1) is 0 Å². The Morgan fingerprint density at radius 3 is 2.78 bits per heavy atom. The van der Waals surface area contributed by atoms with Crippen LogP contribution >= 0.6 is 0 Å². The van der Waals surface area contributed by atoms with E-state index in [1.54, 1.807) is 0 Å². The summed E-state index contributed by atoms with van der Waals surface area (Å²) in [6, 6.07) is 0.438. The molecule has 1 heterocycles. The number of likely N-dealkylation sites (N-methyl/N-ethyl adjacent to an activating group) is 1. The second kappa shape index (κ2) is 7.96. The van der Waals surface area contributed by atoms with Crippen LogP contribution in [0.25, 0.3) is 0 Å². The molecule has 0 aliphatic carbocycles. The zero-order valence-electron chi connectivity index (χ0n) is 10.9. The maximum Gasteiger partial charge on any atom is 0.411 e. The number of ether oxygens (including phenoxy) is 1. The van der Waals surface area contributed by atoms with Gasteiger partial charge in [-0.2, -0.15) is 13.2 Å². The third-order valence-corrected chi connectivity index (χ3v) is 3.17. The Morgan fingerprint density at radius 2 is 2.11 bits per heavy atom. The number of hydrogen-bond acceptors (Lipinski definition) is 3. The first kappa shape index (κ1) is 15.7. The van der Waals surface area contributed by atoms with Crippen molar-refractivity contribution in [3.63, 3.8) is 0 Å². The summed E-state index contributed by atoms with van der Waals surface area (Å²) in [6.07, 6.45) is -0.769. The van der Waals surface area contributed by atoms with Crippen molar-refractivity contribution in [1.82, 2.24) is 10.2 Å². The number of halogens is 3. The molecule has 18 heavy (non-hydrogen) atoms. The first-order chi connectivity index (χ1) is 8.53. The molecule has 1 saturated heterocycles. The van der Waals surface area contributed by atoms with E-state index in [0.29, 0.717) is 12.6 Å². The van der Waals surface area contributed by atoms with Crippen molar-refractivity contribution < 1.29 is 17.9 Å². The topological polar surface area (TPSA) is 24.5 Å². The third-order valence-electron chi connectivity index (χ3n) is 3.17. The molecule has 0 bridgehead atoms. The molecule has 1 N–H and O–H groups in total. The Kier molecular flexibility index (Phi) is 6.96. The monoisotopic (exact) mass is 268 g/mol. The van der Waals surface area contributed by atoms with E-state index >= 15 is 0 Å². The van der Waals surface area contributed by atoms with E-state index in [9.17, 15) is 13.2 Å². The lowest BCUT2D eigenvalue weighted by Crippen LogP contribution is -2.46. The van der Waals surface area contributed by atoms with Crippen LogP contribution in [0.5, 0.6) is 0 Å². The molecule has 3 nitrogen and oxygen atoms in total. The van der Waals surface area contributed by atoms with Crippen LogP contribution in [0.15, 0.2) is 0 Å². The van der Waals surface area contributed by atoms with Crippen molar-refractivity contribution in [2.24, 2.45) is 0 Å². The lowest BCUT2D eigenvalue weighted by atomic mass is 10.0. The Hall–Kier alpha value is -0.330. The minimum absolute atomic E-state index is 0.155. The van der Waals surface area contributed by atoms with Gasteiger partial charge in [-0.05, 0) is 25.9 Å². The van der Waals surface area contributed by atoms with E-state index in [-0.39, 0.29) is 6.61 Å². The number of hydrogen-bond donors (Lipinski definition) is 1. The lowest BCUT2D eigenvalue weighted by molar-refractivity contribution is -0.175. The maximum absolute atomic E-state index is 11.9. The van der Waals surface area contributed by atoms with Crippen LogP contribution in [0.2, 0.25) is 0 Å². The van der Waals surface area contributed by atoms with Crippen LogP contribution in [-0.2, 0) is 4.74 Å². The van der Waals surface area contributed by atoms with Gasteiger partial charge in [-0.1, -0.05) is 13.3 Å². The molecule has 1 aliphatic heterocycles. The van der Waals surface area contributed by atoms with E-state index in [1.807, 2.05) is 0 Å². The molecule has 0 radical (unpaired) electrons. The zero-order valence-corrected chi connectivity index (χ0v) is 10.9. The van der Waals surface area contributed by atoms with Crippen molar-refractivity contribution >= 4 is 0 Å². The largest absolute Gasteiger partial charge is 0.411 e. The van der Waals surface area contributed by atoms with Crippen LogP contribution < -0.4 is 5.32 Å². The zero-order chi connectivity index (χ0) is 13.4. The lowest BCUT2D eigenvalue weighted by Gasteiger charge is -2.35. The summed E-state index contributed by atoms with van der Waals surface area (Å²) in [5, 5.41) is 3.30. The van der Waals surface area contributed by atoms with E-state index in [4.69, 9.17) is 0 Å². The maximum atomic E-state index is 11.9. The Bertz CT molecular complexity index is 224. The molecule has 0 amide bonds. The summed E-state index contributed by atoms with van der Waals surface area (Å²) >= 11 is 0. The second-order valence-corrected chi connectivity index (χ2v) is 4.66. The van der Waals surface area contributed by atoms with Crippen molar-refractivity contribution in [1.29, 1.82) is 0 Å². The van der Waals surface area contributed by atoms with E-state index in [1.165, 1.54) is 6.42 Å². The van der Waals surface area contributed by atoms with Gasteiger partial charge in [0.2, 0.25) is 0 Å². The normalized spacial score (nSPS) is 22.3. The minimum atomic E-state index is -4.22. The number of rotatable bonds is 7. The van der Waals surface area contributed by atoms with Gasteiger partial charge in [0.15, 0.2) is 0 Å². The van der Waals surface area contributed by atoms with Crippen LogP contribution in [-0.4, -0.2) is 56.5 Å². The molecule has 6 heteroatoms. The van der Waals surface area contributed by atoms with Gasteiger partial charge in [0.1, 0.15) is 6.61 Å². The molecule has 0 aromatic carbocycles. The summed E-state index contributed by atoms with van der Waals surface area (Å²) < 4.78 is 40.4. The highest BCUT2D eigenvalue weighted by molar-refractivity contribution is 4.78. The molecular formula is C12H23F3N2O. The van der Waals surface area contributed by atoms with Crippen LogP contribution in [0.1, 0.15) is 26.2 Å². The van der Waals surface area contributed by atoms with Gasteiger partial charge in [-0.25, -0.2) is 0 Å². The number of nitrogens with zero attached hydrogens (tertiary/aromatic N) is 1. The number of alkyl halides is 3. The van der Waals surface area contributed by atoms with Gasteiger partial charge in [0, 0.05) is 19.1 Å². The van der Waals surface area contributed by atoms with Crippen molar-refractivity contribution in [2.75, 3.05) is 39.4 Å². The van der Waals surface area contributed by atoms with Crippen molar-refractivity contribution in [3.8, 4) is 0 Å². The molecule has 1 rings (SSSR count). The molecule has 1 fully saturated rings. The fourth-order valence-corrected chi connectivity index (χ4v) is 2.27. The van der Waals surface area contributed by atoms with Gasteiger partial charge in [-0.15, -0.1) is 0 Å². The Morgan fingerprint density at radius 1 is 1.33 bits per heavy atom. The number of nitrogens with one attached hydrogen (secondary N) is 1. The van der Waals surface area contributed by atoms with E-state index in [2.05, 4.69) is 21.9 Å². The summed E-state index contributed by atoms with van der Waals surface area (Å²) in [5.74, 6) is 0. The summed E-state index contributed by atoms with van der Waals surface area (Å²) in [5.41, 5.74) is 0. The van der Waals surface area contributed by atoms with Gasteiger partial charge in [0.25, 0.3) is 0 Å². The minimum Gasteiger partial charge on any atom is -0.371 e. The van der Waals surface area contributed by atoms with Gasteiger partial charge < -0.3 is 10.1 Å². The summed E-state index contributed by atoms with van der Waals surface area (Å²) in [7, 11) is 0. The molecule has 0 spiro atoms. The molecule has 1 atom stereocenters. The van der Waals surface area contributed by atoms with Crippen molar-refractivity contribution in [3.05, 3.63) is 0 Å². The molecule has 1 unspecified atom stereocenters. The second-order valence-electron chi connectivity index (χ2n) is 4.66. The average Bonchev–Trinajstić information content (AvgIpc) is 2.32.